The number of benzene rings is 1. The van der Waals surface area contributed by atoms with Gasteiger partial charge in [0.25, 0.3) is 0 Å². The Morgan fingerprint density at radius 2 is 2.05 bits per heavy atom. The normalized spacial score (nSPS) is 21.1. The largest absolute Gasteiger partial charge is 0.399 e. The molecule has 2 N–H and O–H groups in total. The van der Waals surface area contributed by atoms with E-state index in [1.165, 1.54) is 0 Å². The molecule has 1 atom stereocenters. The number of fused-ring (bicyclic) bond motifs is 1. The molecule has 0 amide bonds. The lowest BCUT2D eigenvalue weighted by Crippen LogP contribution is -2.28. The number of Topliss-reactive ketones (excluding diaryl/α,β-unsaturated/α-hetero) is 2. The molecule has 1 unspecified atom stereocenters. The molecule has 2 rings (SSSR count). The van der Waals surface area contributed by atoms with E-state index in [9.17, 15) is 9.59 Å². The molecule has 0 fully saturated rings. The summed E-state index contributed by atoms with van der Waals surface area (Å²) in [7, 11) is 0. The number of hydrogen-bond acceptors (Lipinski definition) is 3. The van der Waals surface area contributed by atoms with Gasteiger partial charge in [-0.25, -0.2) is 0 Å². The number of nitrogen functional groups attached to an aromatic ring is 1. The van der Waals surface area contributed by atoms with Crippen LogP contribution in [0.4, 0.5) is 5.69 Å². The fourth-order valence-corrected chi connectivity index (χ4v) is 3.14. The van der Waals surface area contributed by atoms with E-state index in [1.54, 1.807) is 0 Å². The summed E-state index contributed by atoms with van der Waals surface area (Å²) in [6.45, 7) is 5.89. The van der Waals surface area contributed by atoms with Crippen molar-refractivity contribution in [3.05, 3.63) is 28.8 Å². The van der Waals surface area contributed by atoms with Crippen molar-refractivity contribution in [3.8, 4) is 0 Å². The van der Waals surface area contributed by atoms with Gasteiger partial charge in [0.05, 0.1) is 0 Å². The van der Waals surface area contributed by atoms with Crippen LogP contribution in [0.15, 0.2) is 12.1 Å². The SMILES string of the molecule is CCC(=O)CCC1(CC)Cc2c(ccc(N)c2C)C1=O. The van der Waals surface area contributed by atoms with Crippen molar-refractivity contribution in [2.45, 2.75) is 52.9 Å². The molecule has 0 heterocycles. The van der Waals surface area contributed by atoms with Gasteiger partial charge < -0.3 is 5.73 Å². The van der Waals surface area contributed by atoms with E-state index < -0.39 is 5.41 Å². The highest BCUT2D eigenvalue weighted by Crippen LogP contribution is 2.45. The van der Waals surface area contributed by atoms with Crippen LogP contribution >= 0.6 is 0 Å². The molecule has 0 saturated carbocycles. The van der Waals surface area contributed by atoms with E-state index in [0.717, 1.165) is 35.2 Å². The van der Waals surface area contributed by atoms with E-state index >= 15 is 0 Å². The first-order valence-electron chi connectivity index (χ1n) is 7.39. The van der Waals surface area contributed by atoms with Gasteiger partial charge in [0.15, 0.2) is 5.78 Å². The summed E-state index contributed by atoms with van der Waals surface area (Å²) >= 11 is 0. The van der Waals surface area contributed by atoms with Crippen LogP contribution in [0.2, 0.25) is 0 Å². The molecular formula is C17H23NO2. The van der Waals surface area contributed by atoms with Crippen molar-refractivity contribution in [1.29, 1.82) is 0 Å². The third kappa shape index (κ3) is 2.26. The maximum absolute atomic E-state index is 12.8. The molecule has 3 heteroatoms. The summed E-state index contributed by atoms with van der Waals surface area (Å²) in [5, 5.41) is 0. The third-order valence-electron chi connectivity index (χ3n) is 4.84. The van der Waals surface area contributed by atoms with Gasteiger partial charge in [0.1, 0.15) is 5.78 Å². The monoisotopic (exact) mass is 273 g/mol. The Labute approximate surface area is 120 Å². The van der Waals surface area contributed by atoms with Crippen molar-refractivity contribution in [2.75, 3.05) is 5.73 Å². The number of anilines is 1. The maximum atomic E-state index is 12.8. The smallest absolute Gasteiger partial charge is 0.169 e. The Morgan fingerprint density at radius 3 is 2.65 bits per heavy atom. The van der Waals surface area contributed by atoms with Gasteiger partial charge in [-0.1, -0.05) is 13.8 Å². The molecule has 0 saturated heterocycles. The van der Waals surface area contributed by atoms with E-state index in [1.807, 2.05) is 32.9 Å². The Bertz CT molecular complexity index is 562. The first kappa shape index (κ1) is 14.8. The van der Waals surface area contributed by atoms with Crippen LogP contribution in [0.1, 0.15) is 61.0 Å². The molecule has 20 heavy (non-hydrogen) atoms. The Balaban J connectivity index is 2.33. The first-order valence-corrected chi connectivity index (χ1v) is 7.39. The second-order valence-corrected chi connectivity index (χ2v) is 5.84. The van der Waals surface area contributed by atoms with Crippen molar-refractivity contribution >= 4 is 17.3 Å². The lowest BCUT2D eigenvalue weighted by molar-refractivity contribution is -0.119. The highest BCUT2D eigenvalue weighted by molar-refractivity contribution is 6.06. The second-order valence-electron chi connectivity index (χ2n) is 5.84. The van der Waals surface area contributed by atoms with Crippen LogP contribution in [0.3, 0.4) is 0 Å². The average Bonchev–Trinajstić information content (AvgIpc) is 2.74. The maximum Gasteiger partial charge on any atom is 0.169 e. The van der Waals surface area contributed by atoms with Crippen LogP contribution in [-0.4, -0.2) is 11.6 Å². The predicted molar refractivity (Wildman–Crippen MR) is 80.9 cm³/mol. The first-order chi connectivity index (χ1) is 9.45. The highest BCUT2D eigenvalue weighted by atomic mass is 16.1. The highest BCUT2D eigenvalue weighted by Gasteiger charge is 2.44. The summed E-state index contributed by atoms with van der Waals surface area (Å²) in [6, 6.07) is 3.66. The van der Waals surface area contributed by atoms with Gasteiger partial charge in [0, 0.05) is 29.5 Å². The van der Waals surface area contributed by atoms with Crippen molar-refractivity contribution < 1.29 is 9.59 Å². The minimum absolute atomic E-state index is 0.196. The fourth-order valence-electron chi connectivity index (χ4n) is 3.14. The zero-order valence-electron chi connectivity index (χ0n) is 12.6. The topological polar surface area (TPSA) is 60.2 Å². The molecule has 1 aromatic rings. The zero-order chi connectivity index (χ0) is 14.9. The van der Waals surface area contributed by atoms with E-state index in [0.29, 0.717) is 19.3 Å². The Hall–Kier alpha value is -1.64. The molecule has 0 aliphatic heterocycles. The second kappa shape index (κ2) is 5.39. The fraction of sp³-hybridized carbons (Fsp3) is 0.529. The molecule has 1 aliphatic carbocycles. The van der Waals surface area contributed by atoms with Crippen LogP contribution < -0.4 is 5.73 Å². The zero-order valence-corrected chi connectivity index (χ0v) is 12.6. The number of carbonyl (C=O) groups excluding carboxylic acids is 2. The standard InChI is InChI=1S/C17H23NO2/c1-4-12(19)8-9-17(5-2)10-14-11(3)15(18)7-6-13(14)16(17)20/h6-7H,4-5,8-10,18H2,1-3H3. The molecule has 1 aromatic carbocycles. The summed E-state index contributed by atoms with van der Waals surface area (Å²) in [4.78, 5) is 24.4. The van der Waals surface area contributed by atoms with Gasteiger partial charge in [0.2, 0.25) is 0 Å². The van der Waals surface area contributed by atoms with E-state index in [4.69, 9.17) is 5.73 Å². The molecule has 108 valence electrons. The van der Waals surface area contributed by atoms with Crippen molar-refractivity contribution in [2.24, 2.45) is 5.41 Å². The molecule has 3 nitrogen and oxygen atoms in total. The lowest BCUT2D eigenvalue weighted by Gasteiger charge is -2.25. The minimum Gasteiger partial charge on any atom is -0.399 e. The Morgan fingerprint density at radius 1 is 1.35 bits per heavy atom. The molecule has 0 spiro atoms. The van der Waals surface area contributed by atoms with Crippen molar-refractivity contribution in [3.63, 3.8) is 0 Å². The predicted octanol–water partition coefficient (Wildman–Crippen LogP) is 3.47. The molecule has 0 bridgehead atoms. The molecule has 0 radical (unpaired) electrons. The quantitative estimate of drug-likeness (QED) is 0.836. The average molecular weight is 273 g/mol. The number of nitrogens with two attached hydrogens (primary N) is 1. The molecule has 0 aromatic heterocycles. The van der Waals surface area contributed by atoms with Gasteiger partial charge in [-0.3, -0.25) is 9.59 Å². The minimum atomic E-state index is -0.397. The molecule has 1 aliphatic rings. The number of rotatable bonds is 5. The third-order valence-corrected chi connectivity index (χ3v) is 4.84. The van der Waals surface area contributed by atoms with Crippen LogP contribution in [0.25, 0.3) is 0 Å². The summed E-state index contributed by atoms with van der Waals surface area (Å²) in [6.07, 6.45) is 3.21. The van der Waals surface area contributed by atoms with Gasteiger partial charge >= 0.3 is 0 Å². The summed E-state index contributed by atoms with van der Waals surface area (Å²) in [5.74, 6) is 0.430. The number of carbonyl (C=O) groups is 2. The summed E-state index contributed by atoms with van der Waals surface area (Å²) < 4.78 is 0. The van der Waals surface area contributed by atoms with E-state index in [2.05, 4.69) is 0 Å². The van der Waals surface area contributed by atoms with Crippen LogP contribution in [0.5, 0.6) is 0 Å². The van der Waals surface area contributed by atoms with E-state index in [-0.39, 0.29) is 11.6 Å². The molecular weight excluding hydrogens is 250 g/mol. The van der Waals surface area contributed by atoms with Gasteiger partial charge in [-0.2, -0.15) is 0 Å². The van der Waals surface area contributed by atoms with Crippen molar-refractivity contribution in [1.82, 2.24) is 0 Å². The Kier molecular flexibility index (Phi) is 3.98. The van der Waals surface area contributed by atoms with Crippen LogP contribution in [0, 0.1) is 12.3 Å². The lowest BCUT2D eigenvalue weighted by atomic mass is 9.76. The number of ketones is 2. The number of hydrogen-bond donors (Lipinski definition) is 1. The van der Waals surface area contributed by atoms with Gasteiger partial charge in [-0.05, 0) is 49.4 Å². The van der Waals surface area contributed by atoms with Gasteiger partial charge in [-0.15, -0.1) is 0 Å². The van der Waals surface area contributed by atoms with Crippen LogP contribution in [-0.2, 0) is 11.2 Å². The summed E-state index contributed by atoms with van der Waals surface area (Å²) in [5.41, 5.74) is 9.21.